The zero-order valence-corrected chi connectivity index (χ0v) is 37.5. The van der Waals surface area contributed by atoms with Gasteiger partial charge in [0.2, 0.25) is 11.9 Å². The number of aromatic nitrogens is 6. The van der Waals surface area contributed by atoms with Gasteiger partial charge in [-0.1, -0.05) is 108 Å². The Hall–Kier alpha value is -6.26. The van der Waals surface area contributed by atoms with E-state index in [1.54, 1.807) is 0 Å². The maximum atomic E-state index is 14.7. The third-order valence-electron chi connectivity index (χ3n) is 9.58. The number of nitrogens with one attached hydrogen (secondary N) is 2. The molecular formula is C42H22F12N8O4S4. The topological polar surface area (TPSA) is 170 Å². The summed E-state index contributed by atoms with van der Waals surface area (Å²) in [5, 5.41) is 2.68. The van der Waals surface area contributed by atoms with Crippen LogP contribution in [0.25, 0.3) is 11.1 Å². The van der Waals surface area contributed by atoms with Crippen molar-refractivity contribution < 1.29 is 71.9 Å². The molecule has 70 heavy (non-hydrogen) atoms. The largest absolute Gasteiger partial charge is 0.398 e. The molecule has 0 saturated heterocycles. The molecule has 12 nitrogen and oxygen atoms in total. The highest BCUT2D eigenvalue weighted by Crippen LogP contribution is 2.45. The summed E-state index contributed by atoms with van der Waals surface area (Å²) in [4.78, 5) is 81.4. The Morgan fingerprint density at radius 3 is 0.857 bits per heavy atom. The molecule has 2 heterocycles. The molecule has 362 valence electrons. The molecule has 2 aliphatic carbocycles. The Morgan fingerprint density at radius 2 is 0.600 bits per heavy atom. The fraction of sp³-hybridized carbons (Fsp3) is 0.190. The molecule has 6 aromatic rings. The van der Waals surface area contributed by atoms with E-state index in [-0.39, 0.29) is 91.8 Å². The molecule has 4 aromatic carbocycles. The molecule has 28 heteroatoms. The summed E-state index contributed by atoms with van der Waals surface area (Å²) in [6.07, 6.45) is -19.0. The van der Waals surface area contributed by atoms with Gasteiger partial charge in [-0.2, -0.15) is 82.6 Å². The number of hydrogen-bond donors (Lipinski definition) is 2. The number of thioether (sulfide) groups is 4. The highest BCUT2D eigenvalue weighted by molar-refractivity contribution is 8.00. The number of alkyl halides is 12. The Kier molecular flexibility index (Phi) is 13.7. The molecule has 2 aromatic heterocycles. The van der Waals surface area contributed by atoms with Crippen LogP contribution in [0.4, 0.5) is 76.0 Å². The van der Waals surface area contributed by atoms with E-state index in [0.29, 0.717) is 0 Å². The second-order valence-electron chi connectivity index (χ2n) is 14.5. The lowest BCUT2D eigenvalue weighted by Crippen LogP contribution is -2.25. The zero-order valence-electron chi connectivity index (χ0n) is 34.2. The van der Waals surface area contributed by atoms with Crippen molar-refractivity contribution in [2.45, 2.75) is 45.3 Å². The number of fused-ring (bicyclic) bond motifs is 4. The maximum Gasteiger partial charge on any atom is 0.398 e. The first-order chi connectivity index (χ1) is 32.8. The van der Waals surface area contributed by atoms with Crippen molar-refractivity contribution in [1.82, 2.24) is 29.9 Å². The fourth-order valence-electron chi connectivity index (χ4n) is 6.98. The van der Waals surface area contributed by atoms with Crippen LogP contribution < -0.4 is 10.6 Å². The number of carbonyl (C=O) groups excluding carboxylic acids is 4. The van der Waals surface area contributed by atoms with Gasteiger partial charge in [0.15, 0.2) is 43.8 Å². The van der Waals surface area contributed by atoms with Gasteiger partial charge in [-0.05, 0) is 23.3 Å². The van der Waals surface area contributed by atoms with Gasteiger partial charge in [-0.3, -0.25) is 19.2 Å². The van der Waals surface area contributed by atoms with Crippen LogP contribution in [0.3, 0.4) is 0 Å². The van der Waals surface area contributed by atoms with E-state index in [1.165, 1.54) is 72.8 Å². The number of halogens is 12. The standard InChI is InChI=1S/C42H22F12N8O4S4/c43-39(44,45)13-67-35-57-33(58-36(61-35)68-14-40(46,47)48)55-23-11-9-17(25-27(23)31(65)21-7-3-1-5-19(21)29(25)63)18-10-12-24(28-26(18)30(64)20-6-2-4-8-22(20)32(28)66)56-34-59-37(69-15-41(49,50)51)62-38(60-34)70-16-42(52,53)54/h1-12H,13-16H2,(H,55,57,58,61)(H,56,59,60,62). The molecule has 0 spiro atoms. The Bertz CT molecular complexity index is 2860. The predicted molar refractivity (Wildman–Crippen MR) is 232 cm³/mol. The van der Waals surface area contributed by atoms with E-state index in [2.05, 4.69) is 40.5 Å². The molecule has 0 atom stereocenters. The third kappa shape index (κ3) is 11.3. The van der Waals surface area contributed by atoms with E-state index in [4.69, 9.17) is 0 Å². The Morgan fingerprint density at radius 1 is 0.343 bits per heavy atom. The Balaban J connectivity index is 1.29. The number of rotatable bonds is 13. The summed E-state index contributed by atoms with van der Waals surface area (Å²) in [7, 11) is 0. The summed E-state index contributed by atoms with van der Waals surface area (Å²) in [5.74, 6) is -10.7. The molecule has 0 bridgehead atoms. The maximum absolute atomic E-state index is 14.7. The van der Waals surface area contributed by atoms with Crippen molar-refractivity contribution in [1.29, 1.82) is 0 Å². The van der Waals surface area contributed by atoms with E-state index in [1.807, 2.05) is 0 Å². The number of anilines is 4. The van der Waals surface area contributed by atoms with Crippen LogP contribution in [0.15, 0.2) is 93.4 Å². The van der Waals surface area contributed by atoms with Crippen LogP contribution in [-0.2, 0) is 0 Å². The van der Waals surface area contributed by atoms with E-state index < -0.39 is 126 Å². The molecule has 8 rings (SSSR count). The number of nitrogens with zero attached hydrogens (tertiary/aromatic N) is 6. The highest BCUT2D eigenvalue weighted by Gasteiger charge is 2.40. The summed E-state index contributed by atoms with van der Waals surface area (Å²) < 4.78 is 158. The van der Waals surface area contributed by atoms with Crippen LogP contribution in [-0.4, -0.2) is 101 Å². The summed E-state index contributed by atoms with van der Waals surface area (Å²) in [6.45, 7) is 0. The van der Waals surface area contributed by atoms with Gasteiger partial charge >= 0.3 is 24.7 Å². The summed E-state index contributed by atoms with van der Waals surface area (Å²) in [5.41, 5.74) is -2.95. The van der Waals surface area contributed by atoms with E-state index in [0.717, 1.165) is 0 Å². The van der Waals surface area contributed by atoms with Crippen molar-refractivity contribution in [2.24, 2.45) is 0 Å². The molecule has 0 aliphatic heterocycles. The minimum atomic E-state index is -4.75. The van der Waals surface area contributed by atoms with Crippen LogP contribution in [0.1, 0.15) is 63.7 Å². The summed E-state index contributed by atoms with van der Waals surface area (Å²) in [6, 6.07) is 15.9. The quantitative estimate of drug-likeness (QED) is 0.0825. The first kappa shape index (κ1) is 50.1. The van der Waals surface area contributed by atoms with Crippen molar-refractivity contribution in [3.8, 4) is 11.1 Å². The molecule has 2 aliphatic rings. The molecule has 0 amide bonds. The molecule has 0 unspecified atom stereocenters. The van der Waals surface area contributed by atoms with E-state index >= 15 is 0 Å². The third-order valence-corrected chi connectivity index (χ3v) is 13.2. The average Bonchev–Trinajstić information content (AvgIpc) is 3.29. The van der Waals surface area contributed by atoms with Gasteiger partial charge < -0.3 is 10.6 Å². The highest BCUT2D eigenvalue weighted by atomic mass is 32.2. The van der Waals surface area contributed by atoms with Crippen LogP contribution in [0.5, 0.6) is 0 Å². The number of ketones is 4. The van der Waals surface area contributed by atoms with E-state index in [9.17, 15) is 71.9 Å². The van der Waals surface area contributed by atoms with Crippen molar-refractivity contribution in [3.63, 3.8) is 0 Å². The molecule has 0 saturated carbocycles. The predicted octanol–water partition coefficient (Wildman–Crippen LogP) is 11.4. The number of carbonyl (C=O) groups is 4. The fourth-order valence-corrected chi connectivity index (χ4v) is 9.47. The Labute approximate surface area is 401 Å². The zero-order chi connectivity index (χ0) is 50.5. The van der Waals surface area contributed by atoms with Crippen LogP contribution in [0, 0.1) is 0 Å². The molecule has 2 N–H and O–H groups in total. The number of benzene rings is 4. The monoisotopic (exact) mass is 1060 g/mol. The van der Waals surface area contributed by atoms with Crippen LogP contribution >= 0.6 is 47.0 Å². The summed E-state index contributed by atoms with van der Waals surface area (Å²) >= 11 is 0.139. The minimum Gasteiger partial charge on any atom is -0.323 e. The lowest BCUT2D eigenvalue weighted by atomic mass is 9.75. The van der Waals surface area contributed by atoms with Crippen LogP contribution in [0.2, 0.25) is 0 Å². The van der Waals surface area contributed by atoms with Crippen molar-refractivity contribution in [3.05, 3.63) is 117 Å². The average molecular weight is 1060 g/mol. The SMILES string of the molecule is O=C1c2ccccc2C(=O)c2c(-c3ccc(Nc4nc(SCC(F)(F)F)nc(SCC(F)(F)F)n4)c4c3C(=O)c3ccccc3C4=O)ccc(Nc3nc(SCC(F)(F)F)nc(SCC(F)(F)F)n3)c21. The van der Waals surface area contributed by atoms with Gasteiger partial charge in [0.1, 0.15) is 0 Å². The second kappa shape index (κ2) is 19.2. The lowest BCUT2D eigenvalue weighted by Gasteiger charge is -2.26. The van der Waals surface area contributed by atoms with Gasteiger partial charge in [0, 0.05) is 33.4 Å². The lowest BCUT2D eigenvalue weighted by molar-refractivity contribution is -0.106. The van der Waals surface area contributed by atoms with Gasteiger partial charge in [0.05, 0.1) is 45.5 Å². The first-order valence-corrected chi connectivity index (χ1v) is 23.3. The van der Waals surface area contributed by atoms with Gasteiger partial charge in [0.25, 0.3) is 0 Å². The van der Waals surface area contributed by atoms with Gasteiger partial charge in [-0.25, -0.2) is 0 Å². The second-order valence-corrected chi connectivity index (χ2v) is 18.3. The molecule has 0 fully saturated rings. The first-order valence-electron chi connectivity index (χ1n) is 19.4. The number of hydrogen-bond acceptors (Lipinski definition) is 16. The normalized spacial score (nSPS) is 13.7. The van der Waals surface area contributed by atoms with Crippen molar-refractivity contribution in [2.75, 3.05) is 33.6 Å². The molecular weight excluding hydrogens is 1040 g/mol. The smallest absolute Gasteiger partial charge is 0.323 e. The minimum absolute atomic E-state index is 0.0346. The van der Waals surface area contributed by atoms with Crippen molar-refractivity contribution >= 4 is 93.5 Å². The van der Waals surface area contributed by atoms with Gasteiger partial charge in [-0.15, -0.1) is 0 Å². The molecule has 0 radical (unpaired) electrons.